The van der Waals surface area contributed by atoms with Crippen molar-refractivity contribution in [2.24, 2.45) is 5.92 Å². The van der Waals surface area contributed by atoms with Crippen LogP contribution in [0.2, 0.25) is 0 Å². The first kappa shape index (κ1) is 19.2. The lowest BCUT2D eigenvalue weighted by Gasteiger charge is -2.33. The maximum absolute atomic E-state index is 13.7. The van der Waals surface area contributed by atoms with Gasteiger partial charge in [0.05, 0.1) is 12.7 Å². The van der Waals surface area contributed by atoms with E-state index in [0.29, 0.717) is 31.2 Å². The molecule has 136 valence electrons. The van der Waals surface area contributed by atoms with E-state index >= 15 is 0 Å². The van der Waals surface area contributed by atoms with Gasteiger partial charge in [0.25, 0.3) is 0 Å². The number of nitrogens with zero attached hydrogens (tertiary/aromatic N) is 1. The van der Waals surface area contributed by atoms with Crippen LogP contribution >= 0.6 is 0 Å². The van der Waals surface area contributed by atoms with Crippen molar-refractivity contribution in [1.29, 1.82) is 0 Å². The summed E-state index contributed by atoms with van der Waals surface area (Å²) in [6, 6.07) is 1.28. The number of hydrogen-bond donors (Lipinski definition) is 1. The zero-order valence-electron chi connectivity index (χ0n) is 13.6. The van der Waals surface area contributed by atoms with Crippen LogP contribution < -0.4 is 4.72 Å². The number of nitrogens with one attached hydrogen (secondary N) is 1. The van der Waals surface area contributed by atoms with Gasteiger partial charge in [-0.1, -0.05) is 13.8 Å². The number of sulfonamides is 1. The molecule has 1 fully saturated rings. The van der Waals surface area contributed by atoms with Crippen LogP contribution in [0.1, 0.15) is 13.8 Å². The summed E-state index contributed by atoms with van der Waals surface area (Å²) in [4.78, 5) is 1.24. The van der Waals surface area contributed by atoms with E-state index in [-0.39, 0.29) is 12.6 Å². The Balaban J connectivity index is 2.01. The molecule has 0 spiro atoms. The Labute approximate surface area is 139 Å². The first-order valence-corrected chi connectivity index (χ1v) is 9.16. The van der Waals surface area contributed by atoms with Crippen LogP contribution in [0.15, 0.2) is 17.0 Å². The van der Waals surface area contributed by atoms with Gasteiger partial charge in [0, 0.05) is 26.2 Å². The summed E-state index contributed by atoms with van der Waals surface area (Å²) in [5.41, 5.74) is 0. The molecule has 1 atom stereocenters. The van der Waals surface area contributed by atoms with Gasteiger partial charge >= 0.3 is 0 Å². The molecule has 0 radical (unpaired) electrons. The van der Waals surface area contributed by atoms with Crippen LogP contribution in [-0.2, 0) is 14.8 Å². The van der Waals surface area contributed by atoms with Crippen LogP contribution in [0.5, 0.6) is 0 Å². The molecule has 1 saturated heterocycles. The zero-order chi connectivity index (χ0) is 17.9. The minimum Gasteiger partial charge on any atom is -0.374 e. The van der Waals surface area contributed by atoms with E-state index in [1.54, 1.807) is 0 Å². The molecule has 1 N–H and O–H groups in total. The van der Waals surface area contributed by atoms with Gasteiger partial charge in [-0.25, -0.2) is 26.3 Å². The molecule has 0 aromatic heterocycles. The second kappa shape index (κ2) is 7.81. The summed E-state index contributed by atoms with van der Waals surface area (Å²) >= 11 is 0. The average Bonchev–Trinajstić information content (AvgIpc) is 2.50. The van der Waals surface area contributed by atoms with E-state index in [2.05, 4.69) is 23.5 Å². The Morgan fingerprint density at radius 2 is 2.00 bits per heavy atom. The highest BCUT2D eigenvalue weighted by Crippen LogP contribution is 2.19. The van der Waals surface area contributed by atoms with Crippen molar-refractivity contribution in [3.63, 3.8) is 0 Å². The summed E-state index contributed by atoms with van der Waals surface area (Å²) in [6.45, 7) is 6.73. The SMILES string of the molecule is CC(C)CN1CCOC(CNS(=O)(=O)c2ccc(F)c(F)c2F)C1. The van der Waals surface area contributed by atoms with Gasteiger partial charge in [0.1, 0.15) is 4.90 Å². The van der Waals surface area contributed by atoms with Gasteiger partial charge in [-0.2, -0.15) is 0 Å². The minimum atomic E-state index is -4.30. The number of rotatable bonds is 6. The summed E-state index contributed by atoms with van der Waals surface area (Å²) in [7, 11) is -4.30. The minimum absolute atomic E-state index is 0.0740. The molecule has 2 rings (SSSR count). The molecule has 1 heterocycles. The first-order valence-electron chi connectivity index (χ1n) is 7.68. The van der Waals surface area contributed by atoms with Crippen molar-refractivity contribution in [2.75, 3.05) is 32.8 Å². The van der Waals surface area contributed by atoms with E-state index < -0.39 is 32.4 Å². The lowest BCUT2D eigenvalue weighted by atomic mass is 10.2. The average molecular weight is 366 g/mol. The van der Waals surface area contributed by atoms with Gasteiger partial charge in [-0.3, -0.25) is 4.90 Å². The van der Waals surface area contributed by atoms with Gasteiger partial charge in [-0.05, 0) is 18.1 Å². The van der Waals surface area contributed by atoms with Crippen LogP contribution in [0.25, 0.3) is 0 Å². The summed E-state index contributed by atoms with van der Waals surface area (Å²) in [5.74, 6) is -4.51. The number of hydrogen-bond acceptors (Lipinski definition) is 4. The normalized spacial score (nSPS) is 19.8. The van der Waals surface area contributed by atoms with Crippen molar-refractivity contribution in [2.45, 2.75) is 24.8 Å². The fourth-order valence-electron chi connectivity index (χ4n) is 2.58. The fraction of sp³-hybridized carbons (Fsp3) is 0.600. The third kappa shape index (κ3) is 4.69. The molecular weight excluding hydrogens is 345 g/mol. The largest absolute Gasteiger partial charge is 0.374 e. The summed E-state index contributed by atoms with van der Waals surface area (Å²) in [5, 5.41) is 0. The first-order chi connectivity index (χ1) is 11.2. The lowest BCUT2D eigenvalue weighted by Crippen LogP contribution is -2.48. The van der Waals surface area contributed by atoms with Crippen molar-refractivity contribution >= 4 is 10.0 Å². The van der Waals surface area contributed by atoms with Gasteiger partial charge in [-0.15, -0.1) is 0 Å². The van der Waals surface area contributed by atoms with Crippen LogP contribution in [0, 0.1) is 23.4 Å². The molecule has 0 saturated carbocycles. The van der Waals surface area contributed by atoms with Crippen LogP contribution in [0.4, 0.5) is 13.2 Å². The summed E-state index contributed by atoms with van der Waals surface area (Å²) in [6.07, 6.45) is -0.388. The predicted molar refractivity (Wildman–Crippen MR) is 82.5 cm³/mol. The molecule has 1 unspecified atom stereocenters. The van der Waals surface area contributed by atoms with Gasteiger partial charge in [0.2, 0.25) is 10.0 Å². The molecule has 1 aliphatic heterocycles. The smallest absolute Gasteiger partial charge is 0.243 e. The highest BCUT2D eigenvalue weighted by molar-refractivity contribution is 7.89. The van der Waals surface area contributed by atoms with Crippen LogP contribution in [0.3, 0.4) is 0 Å². The van der Waals surface area contributed by atoms with Crippen molar-refractivity contribution < 1.29 is 26.3 Å². The maximum Gasteiger partial charge on any atom is 0.243 e. The van der Waals surface area contributed by atoms with Crippen LogP contribution in [-0.4, -0.2) is 52.2 Å². The van der Waals surface area contributed by atoms with Crippen molar-refractivity contribution in [3.05, 3.63) is 29.6 Å². The zero-order valence-corrected chi connectivity index (χ0v) is 14.4. The molecule has 0 aliphatic carbocycles. The number of ether oxygens (including phenoxy) is 1. The van der Waals surface area contributed by atoms with Gasteiger partial charge < -0.3 is 4.74 Å². The Morgan fingerprint density at radius 3 is 2.67 bits per heavy atom. The quantitative estimate of drug-likeness (QED) is 0.780. The van der Waals surface area contributed by atoms with Crippen molar-refractivity contribution in [3.8, 4) is 0 Å². The molecule has 1 aromatic rings. The second-order valence-corrected chi connectivity index (χ2v) is 7.91. The molecule has 24 heavy (non-hydrogen) atoms. The highest BCUT2D eigenvalue weighted by Gasteiger charge is 2.27. The molecule has 5 nitrogen and oxygen atoms in total. The third-order valence-corrected chi connectivity index (χ3v) is 5.08. The Kier molecular flexibility index (Phi) is 6.24. The summed E-state index contributed by atoms with van der Waals surface area (Å²) < 4.78 is 71.7. The van der Waals surface area contributed by atoms with E-state index in [4.69, 9.17) is 4.74 Å². The Hall–Kier alpha value is -1.16. The number of morpholine rings is 1. The van der Waals surface area contributed by atoms with Crippen molar-refractivity contribution in [1.82, 2.24) is 9.62 Å². The van der Waals surface area contributed by atoms with E-state index in [9.17, 15) is 21.6 Å². The number of benzene rings is 1. The molecular formula is C15H21F3N2O3S. The van der Waals surface area contributed by atoms with E-state index in [1.807, 2.05) is 0 Å². The molecule has 1 aromatic carbocycles. The van der Waals surface area contributed by atoms with Gasteiger partial charge in [0.15, 0.2) is 17.5 Å². The Morgan fingerprint density at radius 1 is 1.29 bits per heavy atom. The fourth-order valence-corrected chi connectivity index (χ4v) is 3.72. The molecule has 0 bridgehead atoms. The molecule has 1 aliphatic rings. The monoisotopic (exact) mass is 366 g/mol. The molecule has 0 amide bonds. The maximum atomic E-state index is 13.7. The number of halogens is 3. The molecule has 9 heteroatoms. The Bertz CT molecular complexity index is 683. The van der Waals surface area contributed by atoms with E-state index in [0.717, 1.165) is 13.1 Å². The highest BCUT2D eigenvalue weighted by atomic mass is 32.2. The topological polar surface area (TPSA) is 58.6 Å². The standard InChI is InChI=1S/C15H21F3N2O3S/c1-10(2)8-20-5-6-23-11(9-20)7-19-24(21,22)13-4-3-12(16)14(17)15(13)18/h3-4,10-11,19H,5-9H2,1-2H3. The lowest BCUT2D eigenvalue weighted by molar-refractivity contribution is -0.0280. The van der Waals surface area contributed by atoms with E-state index in [1.165, 1.54) is 0 Å². The third-order valence-electron chi connectivity index (χ3n) is 3.64. The predicted octanol–water partition coefficient (Wildman–Crippen LogP) is 1.74. The second-order valence-electron chi connectivity index (χ2n) is 6.17.